The first-order valence-electron chi connectivity index (χ1n) is 6.54. The monoisotopic (exact) mass is 260 g/mol. The van der Waals surface area contributed by atoms with Crippen molar-refractivity contribution in [3.05, 3.63) is 0 Å². The number of sulfone groups is 1. The number of rotatable bonds is 4. The molecule has 0 radical (unpaired) electrons. The first kappa shape index (κ1) is 13.3. The highest BCUT2D eigenvalue weighted by atomic mass is 32.2. The van der Waals surface area contributed by atoms with Crippen LogP contribution in [0.2, 0.25) is 0 Å². The van der Waals surface area contributed by atoms with Crippen molar-refractivity contribution in [1.29, 1.82) is 0 Å². The van der Waals surface area contributed by atoms with E-state index in [1.807, 2.05) is 0 Å². The molecule has 100 valence electrons. The van der Waals surface area contributed by atoms with Crippen molar-refractivity contribution in [2.75, 3.05) is 19.8 Å². The minimum Gasteiger partial charge on any atom is -0.329 e. The number of hydrogen-bond donors (Lipinski definition) is 1. The second kappa shape index (κ2) is 4.52. The Morgan fingerprint density at radius 2 is 1.94 bits per heavy atom. The molecule has 2 atom stereocenters. The van der Waals surface area contributed by atoms with E-state index in [0.29, 0.717) is 12.6 Å². The summed E-state index contributed by atoms with van der Waals surface area (Å²) in [5.74, 6) is 0. The van der Waals surface area contributed by atoms with Gasteiger partial charge in [0, 0.05) is 24.4 Å². The SMILES string of the molecule is CN(C1CCC1)C1(CN)CCCC1S(C)(=O)=O. The zero-order valence-electron chi connectivity index (χ0n) is 10.9. The lowest BCUT2D eigenvalue weighted by molar-refractivity contribution is 0.0441. The van der Waals surface area contributed by atoms with Crippen molar-refractivity contribution in [3.63, 3.8) is 0 Å². The van der Waals surface area contributed by atoms with Gasteiger partial charge in [0.2, 0.25) is 0 Å². The summed E-state index contributed by atoms with van der Waals surface area (Å²) < 4.78 is 23.9. The average Bonchev–Trinajstić information content (AvgIpc) is 2.58. The Morgan fingerprint density at radius 3 is 2.35 bits per heavy atom. The van der Waals surface area contributed by atoms with Crippen LogP contribution in [0.1, 0.15) is 38.5 Å². The molecule has 2 unspecified atom stereocenters. The average molecular weight is 260 g/mol. The maximum Gasteiger partial charge on any atom is 0.152 e. The van der Waals surface area contributed by atoms with E-state index in [4.69, 9.17) is 5.73 Å². The van der Waals surface area contributed by atoms with Crippen LogP contribution < -0.4 is 5.73 Å². The molecule has 0 aliphatic heterocycles. The third-order valence-corrected chi connectivity index (χ3v) is 6.58. The topological polar surface area (TPSA) is 63.4 Å². The summed E-state index contributed by atoms with van der Waals surface area (Å²) >= 11 is 0. The molecule has 0 heterocycles. The summed E-state index contributed by atoms with van der Waals surface area (Å²) in [6.07, 6.45) is 7.68. The summed E-state index contributed by atoms with van der Waals surface area (Å²) in [6, 6.07) is 0.542. The van der Waals surface area contributed by atoms with Crippen molar-refractivity contribution in [2.24, 2.45) is 5.73 Å². The fourth-order valence-corrected chi connectivity index (χ4v) is 5.33. The van der Waals surface area contributed by atoms with Crippen LogP contribution in [0.5, 0.6) is 0 Å². The van der Waals surface area contributed by atoms with E-state index in [2.05, 4.69) is 11.9 Å². The minimum absolute atomic E-state index is 0.273. The summed E-state index contributed by atoms with van der Waals surface area (Å²) in [5.41, 5.74) is 5.66. The minimum atomic E-state index is -3.01. The Hall–Kier alpha value is -0.130. The molecule has 2 saturated carbocycles. The van der Waals surface area contributed by atoms with Gasteiger partial charge in [-0.1, -0.05) is 12.8 Å². The maximum atomic E-state index is 12.0. The number of likely N-dealkylation sites (N-methyl/N-ethyl adjacent to an activating group) is 1. The highest BCUT2D eigenvalue weighted by Gasteiger charge is 2.51. The first-order chi connectivity index (χ1) is 7.92. The van der Waals surface area contributed by atoms with Crippen molar-refractivity contribution in [3.8, 4) is 0 Å². The quantitative estimate of drug-likeness (QED) is 0.811. The molecule has 0 aromatic heterocycles. The van der Waals surface area contributed by atoms with E-state index in [1.165, 1.54) is 25.5 Å². The van der Waals surface area contributed by atoms with E-state index in [0.717, 1.165) is 19.3 Å². The van der Waals surface area contributed by atoms with Crippen LogP contribution in [0, 0.1) is 0 Å². The second-order valence-electron chi connectivity index (χ2n) is 5.71. The smallest absolute Gasteiger partial charge is 0.152 e. The number of nitrogens with zero attached hydrogens (tertiary/aromatic N) is 1. The van der Waals surface area contributed by atoms with Gasteiger partial charge in [-0.25, -0.2) is 8.42 Å². The Labute approximate surface area is 104 Å². The Balaban J connectivity index is 2.28. The summed E-state index contributed by atoms with van der Waals surface area (Å²) in [4.78, 5) is 2.29. The maximum absolute atomic E-state index is 12.0. The molecular weight excluding hydrogens is 236 g/mol. The standard InChI is InChI=1S/C12H24N2O2S/c1-14(10-5-3-6-10)12(9-13)8-4-7-11(12)17(2,15)16/h10-11H,3-9,13H2,1-2H3. The normalized spacial score (nSPS) is 35.2. The van der Waals surface area contributed by atoms with E-state index in [-0.39, 0.29) is 10.8 Å². The highest BCUT2D eigenvalue weighted by Crippen LogP contribution is 2.41. The van der Waals surface area contributed by atoms with Crippen LogP contribution in [-0.2, 0) is 9.84 Å². The summed E-state index contributed by atoms with van der Waals surface area (Å²) in [5, 5.41) is -0.273. The molecule has 0 aromatic carbocycles. The molecule has 0 amide bonds. The van der Waals surface area contributed by atoms with Crippen molar-refractivity contribution >= 4 is 9.84 Å². The lowest BCUT2D eigenvalue weighted by Crippen LogP contribution is -2.63. The first-order valence-corrected chi connectivity index (χ1v) is 8.49. The molecule has 2 aliphatic rings. The molecule has 2 N–H and O–H groups in total. The van der Waals surface area contributed by atoms with E-state index >= 15 is 0 Å². The molecule has 0 bridgehead atoms. The van der Waals surface area contributed by atoms with Gasteiger partial charge in [-0.2, -0.15) is 0 Å². The van der Waals surface area contributed by atoms with Crippen molar-refractivity contribution in [2.45, 2.75) is 55.4 Å². The Kier molecular flexibility index (Phi) is 3.54. The number of nitrogens with two attached hydrogens (primary N) is 1. The fraction of sp³-hybridized carbons (Fsp3) is 1.00. The van der Waals surface area contributed by atoms with E-state index < -0.39 is 9.84 Å². The van der Waals surface area contributed by atoms with Gasteiger partial charge in [0.15, 0.2) is 9.84 Å². The van der Waals surface area contributed by atoms with Crippen molar-refractivity contribution in [1.82, 2.24) is 4.90 Å². The second-order valence-corrected chi connectivity index (χ2v) is 7.94. The predicted molar refractivity (Wildman–Crippen MR) is 69.7 cm³/mol. The van der Waals surface area contributed by atoms with Crippen LogP contribution >= 0.6 is 0 Å². The Morgan fingerprint density at radius 1 is 1.29 bits per heavy atom. The van der Waals surface area contributed by atoms with Gasteiger partial charge in [0.05, 0.1) is 5.25 Å². The van der Waals surface area contributed by atoms with Gasteiger partial charge < -0.3 is 5.73 Å². The van der Waals surface area contributed by atoms with Gasteiger partial charge in [-0.15, -0.1) is 0 Å². The van der Waals surface area contributed by atoms with E-state index in [1.54, 1.807) is 0 Å². The zero-order chi connectivity index (χ0) is 12.7. The molecule has 2 rings (SSSR count). The molecule has 5 heteroatoms. The molecule has 17 heavy (non-hydrogen) atoms. The molecular formula is C12H24N2O2S. The zero-order valence-corrected chi connectivity index (χ0v) is 11.7. The molecule has 2 fully saturated rings. The largest absolute Gasteiger partial charge is 0.329 e. The van der Waals surface area contributed by atoms with Gasteiger partial charge in [-0.05, 0) is 32.7 Å². The van der Waals surface area contributed by atoms with Crippen LogP contribution in [0.4, 0.5) is 0 Å². The van der Waals surface area contributed by atoms with Crippen molar-refractivity contribution < 1.29 is 8.42 Å². The van der Waals surface area contributed by atoms with Crippen LogP contribution in [-0.4, -0.2) is 50.0 Å². The van der Waals surface area contributed by atoms with Crippen LogP contribution in [0.3, 0.4) is 0 Å². The fourth-order valence-electron chi connectivity index (χ4n) is 3.55. The third kappa shape index (κ3) is 2.13. The van der Waals surface area contributed by atoms with Gasteiger partial charge >= 0.3 is 0 Å². The molecule has 4 nitrogen and oxygen atoms in total. The molecule has 0 aromatic rings. The lowest BCUT2D eigenvalue weighted by Gasteiger charge is -2.49. The van der Waals surface area contributed by atoms with Crippen LogP contribution in [0.25, 0.3) is 0 Å². The van der Waals surface area contributed by atoms with Crippen LogP contribution in [0.15, 0.2) is 0 Å². The van der Waals surface area contributed by atoms with E-state index in [9.17, 15) is 8.42 Å². The Bertz CT molecular complexity index is 378. The highest BCUT2D eigenvalue weighted by molar-refractivity contribution is 7.91. The number of hydrogen-bond acceptors (Lipinski definition) is 4. The van der Waals surface area contributed by atoms with Gasteiger partial charge in [0.25, 0.3) is 0 Å². The van der Waals surface area contributed by atoms with Gasteiger partial charge in [0.1, 0.15) is 0 Å². The predicted octanol–water partition coefficient (Wildman–Crippen LogP) is 0.765. The van der Waals surface area contributed by atoms with Gasteiger partial charge in [-0.3, -0.25) is 4.90 Å². The molecule has 0 saturated heterocycles. The molecule has 2 aliphatic carbocycles. The summed E-state index contributed by atoms with van der Waals surface area (Å²) in [7, 11) is -0.937. The third-order valence-electron chi connectivity index (χ3n) is 4.87. The lowest BCUT2D eigenvalue weighted by atomic mass is 9.85. The summed E-state index contributed by atoms with van der Waals surface area (Å²) in [6.45, 7) is 0.456. The molecule has 0 spiro atoms.